The first kappa shape index (κ1) is 13.1. The molecule has 0 spiro atoms. The molecule has 2 rings (SSSR count). The van der Waals surface area contributed by atoms with Crippen LogP contribution in [0.25, 0.3) is 0 Å². The fraction of sp³-hybridized carbons (Fsp3) is 0.667. The molecule has 0 saturated carbocycles. The zero-order valence-electron chi connectivity index (χ0n) is 11.1. The van der Waals surface area contributed by atoms with Crippen LogP contribution >= 0.6 is 11.3 Å². The van der Waals surface area contributed by atoms with Crippen LogP contribution in [0, 0.1) is 0 Å². The summed E-state index contributed by atoms with van der Waals surface area (Å²) >= 11 is 1.38. The molecule has 0 aliphatic carbocycles. The molecule has 2 heterocycles. The summed E-state index contributed by atoms with van der Waals surface area (Å²) in [4.78, 5) is 19.1. The molecule has 0 bridgehead atoms. The highest BCUT2D eigenvalue weighted by atomic mass is 32.1. The highest BCUT2D eigenvalue weighted by Gasteiger charge is 2.23. The van der Waals surface area contributed by atoms with Crippen LogP contribution in [0.15, 0.2) is 0 Å². The Labute approximate surface area is 111 Å². The number of aromatic nitrogens is 1. The number of amides is 1. The van der Waals surface area contributed by atoms with E-state index in [1.54, 1.807) is 0 Å². The molecule has 1 aromatic heterocycles. The average Bonchev–Trinajstić information content (AvgIpc) is 2.82. The van der Waals surface area contributed by atoms with E-state index in [0.717, 1.165) is 18.2 Å². The number of rotatable bonds is 2. The standard InChI is InChI=1S/C12H20N4OS/c1-12(2,3)15-10(17)8-9(13)14-11(18-8)16-6-4-5-7-16/h4-7,13H2,1-3H3,(H,15,17). The van der Waals surface area contributed by atoms with Crippen LogP contribution in [0.4, 0.5) is 10.9 Å². The van der Waals surface area contributed by atoms with Gasteiger partial charge in [-0.05, 0) is 33.6 Å². The zero-order chi connectivity index (χ0) is 13.3. The van der Waals surface area contributed by atoms with Crippen molar-refractivity contribution in [3.8, 4) is 0 Å². The van der Waals surface area contributed by atoms with Crippen LogP contribution in [-0.4, -0.2) is 29.5 Å². The summed E-state index contributed by atoms with van der Waals surface area (Å²) in [6.07, 6.45) is 2.37. The number of nitrogen functional groups attached to an aromatic ring is 1. The third-order valence-electron chi connectivity index (χ3n) is 2.71. The Kier molecular flexibility index (Phi) is 3.47. The number of nitrogens with two attached hydrogens (primary N) is 1. The van der Waals surface area contributed by atoms with Gasteiger partial charge in [-0.3, -0.25) is 4.79 Å². The third-order valence-corrected chi connectivity index (χ3v) is 3.84. The summed E-state index contributed by atoms with van der Waals surface area (Å²) < 4.78 is 0. The molecule has 0 unspecified atom stereocenters. The van der Waals surface area contributed by atoms with Gasteiger partial charge < -0.3 is 16.0 Å². The molecule has 0 radical (unpaired) electrons. The molecule has 100 valence electrons. The maximum Gasteiger partial charge on any atom is 0.265 e. The Hall–Kier alpha value is -1.30. The van der Waals surface area contributed by atoms with Crippen molar-refractivity contribution in [3.05, 3.63) is 4.88 Å². The predicted molar refractivity (Wildman–Crippen MR) is 75.2 cm³/mol. The van der Waals surface area contributed by atoms with E-state index in [4.69, 9.17) is 5.73 Å². The SMILES string of the molecule is CC(C)(C)NC(=O)c1sc(N2CCCC2)nc1N. The Morgan fingerprint density at radius 1 is 1.39 bits per heavy atom. The van der Waals surface area contributed by atoms with Gasteiger partial charge in [0.2, 0.25) is 0 Å². The summed E-state index contributed by atoms with van der Waals surface area (Å²) in [7, 11) is 0. The van der Waals surface area contributed by atoms with E-state index in [9.17, 15) is 4.79 Å². The maximum absolute atomic E-state index is 12.1. The van der Waals surface area contributed by atoms with E-state index in [2.05, 4.69) is 15.2 Å². The van der Waals surface area contributed by atoms with E-state index in [1.807, 2.05) is 20.8 Å². The number of hydrogen-bond donors (Lipinski definition) is 2. The van der Waals surface area contributed by atoms with Crippen LogP contribution in [-0.2, 0) is 0 Å². The van der Waals surface area contributed by atoms with E-state index < -0.39 is 0 Å². The average molecular weight is 268 g/mol. The minimum absolute atomic E-state index is 0.136. The van der Waals surface area contributed by atoms with Crippen molar-refractivity contribution in [2.45, 2.75) is 39.2 Å². The van der Waals surface area contributed by atoms with Crippen molar-refractivity contribution in [1.29, 1.82) is 0 Å². The molecular weight excluding hydrogens is 248 g/mol. The van der Waals surface area contributed by atoms with E-state index in [1.165, 1.54) is 24.2 Å². The van der Waals surface area contributed by atoms with Gasteiger partial charge in [-0.15, -0.1) is 0 Å². The van der Waals surface area contributed by atoms with Gasteiger partial charge >= 0.3 is 0 Å². The maximum atomic E-state index is 12.1. The van der Waals surface area contributed by atoms with E-state index in [0.29, 0.717) is 10.7 Å². The number of nitrogens with zero attached hydrogens (tertiary/aromatic N) is 2. The van der Waals surface area contributed by atoms with Gasteiger partial charge in [0.15, 0.2) is 5.13 Å². The van der Waals surface area contributed by atoms with Crippen molar-refractivity contribution in [1.82, 2.24) is 10.3 Å². The van der Waals surface area contributed by atoms with Gasteiger partial charge in [0.1, 0.15) is 10.7 Å². The fourth-order valence-electron chi connectivity index (χ4n) is 1.92. The first-order valence-corrected chi connectivity index (χ1v) is 7.02. The molecule has 0 aromatic carbocycles. The van der Waals surface area contributed by atoms with Crippen LogP contribution in [0.1, 0.15) is 43.3 Å². The number of carbonyl (C=O) groups excluding carboxylic acids is 1. The van der Waals surface area contributed by atoms with Crippen molar-refractivity contribution in [2.24, 2.45) is 0 Å². The van der Waals surface area contributed by atoms with Gasteiger partial charge in [0.25, 0.3) is 5.91 Å². The normalized spacial score (nSPS) is 16.1. The lowest BCUT2D eigenvalue weighted by molar-refractivity contribution is 0.0924. The molecule has 5 nitrogen and oxygen atoms in total. The van der Waals surface area contributed by atoms with Gasteiger partial charge in [-0.2, -0.15) is 0 Å². The number of anilines is 2. The van der Waals surface area contributed by atoms with Crippen molar-refractivity contribution >= 4 is 28.2 Å². The second-order valence-electron chi connectivity index (χ2n) is 5.61. The molecule has 1 aromatic rings. The van der Waals surface area contributed by atoms with E-state index in [-0.39, 0.29) is 11.4 Å². The number of hydrogen-bond acceptors (Lipinski definition) is 5. The second-order valence-corrected chi connectivity index (χ2v) is 6.59. The molecule has 1 amide bonds. The molecule has 3 N–H and O–H groups in total. The van der Waals surface area contributed by atoms with Gasteiger partial charge in [0.05, 0.1) is 0 Å². The molecule has 1 saturated heterocycles. The topological polar surface area (TPSA) is 71.2 Å². The van der Waals surface area contributed by atoms with Crippen molar-refractivity contribution in [2.75, 3.05) is 23.7 Å². The summed E-state index contributed by atoms with van der Waals surface area (Å²) in [5.41, 5.74) is 5.58. The first-order chi connectivity index (χ1) is 8.37. The zero-order valence-corrected chi connectivity index (χ0v) is 11.9. The van der Waals surface area contributed by atoms with Crippen molar-refractivity contribution < 1.29 is 4.79 Å². The number of nitrogens with one attached hydrogen (secondary N) is 1. The number of carbonyl (C=O) groups is 1. The molecular formula is C12H20N4OS. The van der Waals surface area contributed by atoms with Gasteiger partial charge in [-0.1, -0.05) is 11.3 Å². The van der Waals surface area contributed by atoms with Crippen LogP contribution in [0.5, 0.6) is 0 Å². The van der Waals surface area contributed by atoms with Crippen LogP contribution in [0.3, 0.4) is 0 Å². The summed E-state index contributed by atoms with van der Waals surface area (Å²) in [5, 5.41) is 3.78. The van der Waals surface area contributed by atoms with Crippen molar-refractivity contribution in [3.63, 3.8) is 0 Å². The summed E-state index contributed by atoms with van der Waals surface area (Å²) in [5.74, 6) is 0.201. The summed E-state index contributed by atoms with van der Waals surface area (Å²) in [6, 6.07) is 0. The second kappa shape index (κ2) is 4.76. The highest BCUT2D eigenvalue weighted by Crippen LogP contribution is 2.30. The lowest BCUT2D eigenvalue weighted by Gasteiger charge is -2.19. The Balaban J connectivity index is 2.16. The molecule has 1 aliphatic heterocycles. The smallest absolute Gasteiger partial charge is 0.265 e. The quantitative estimate of drug-likeness (QED) is 0.858. The van der Waals surface area contributed by atoms with Crippen LogP contribution in [0.2, 0.25) is 0 Å². The monoisotopic (exact) mass is 268 g/mol. The lowest BCUT2D eigenvalue weighted by Crippen LogP contribution is -2.40. The van der Waals surface area contributed by atoms with Gasteiger partial charge in [0, 0.05) is 18.6 Å². The Bertz CT molecular complexity index is 443. The van der Waals surface area contributed by atoms with Gasteiger partial charge in [-0.25, -0.2) is 4.98 Å². The highest BCUT2D eigenvalue weighted by molar-refractivity contribution is 7.18. The Morgan fingerprint density at radius 2 is 2.00 bits per heavy atom. The van der Waals surface area contributed by atoms with Crippen LogP contribution < -0.4 is 16.0 Å². The third kappa shape index (κ3) is 2.93. The first-order valence-electron chi connectivity index (χ1n) is 6.20. The van der Waals surface area contributed by atoms with E-state index >= 15 is 0 Å². The molecule has 1 aliphatic rings. The molecule has 1 fully saturated rings. The predicted octanol–water partition coefficient (Wildman–Crippen LogP) is 1.85. The lowest BCUT2D eigenvalue weighted by atomic mass is 10.1. The molecule has 18 heavy (non-hydrogen) atoms. The minimum atomic E-state index is -0.263. The molecule has 0 atom stereocenters. The number of thiazole rings is 1. The fourth-order valence-corrected chi connectivity index (χ4v) is 2.86. The summed E-state index contributed by atoms with van der Waals surface area (Å²) in [6.45, 7) is 7.86. The Morgan fingerprint density at radius 3 is 2.56 bits per heavy atom. The largest absolute Gasteiger partial charge is 0.382 e. The molecule has 6 heteroatoms. The minimum Gasteiger partial charge on any atom is -0.382 e.